The maximum atomic E-state index is 12.3. The van der Waals surface area contributed by atoms with Crippen molar-refractivity contribution in [1.29, 1.82) is 0 Å². The number of nitrogens with one attached hydrogen (secondary N) is 2. The zero-order valence-corrected chi connectivity index (χ0v) is 13.9. The van der Waals surface area contributed by atoms with Gasteiger partial charge in [0.15, 0.2) is 5.82 Å². The molecule has 0 radical (unpaired) electrons. The number of rotatable bonds is 5. The minimum absolute atomic E-state index is 0.0407. The van der Waals surface area contributed by atoms with Crippen molar-refractivity contribution in [3.8, 4) is 0 Å². The van der Waals surface area contributed by atoms with Crippen LogP contribution >= 0.6 is 34.5 Å². The van der Waals surface area contributed by atoms with Crippen LogP contribution in [0.5, 0.6) is 0 Å². The van der Waals surface area contributed by atoms with Crippen LogP contribution in [0.1, 0.15) is 17.8 Å². The average Bonchev–Trinajstić information content (AvgIpc) is 2.85. The van der Waals surface area contributed by atoms with E-state index in [1.807, 2.05) is 0 Å². The van der Waals surface area contributed by atoms with Gasteiger partial charge in [0, 0.05) is 11.1 Å². The first-order valence-electron chi connectivity index (χ1n) is 5.73. The molecule has 0 aromatic carbocycles. The van der Waals surface area contributed by atoms with Gasteiger partial charge in [0.2, 0.25) is 10.0 Å². The number of nitrogens with zero attached hydrogens (tertiary/aromatic N) is 1. The highest BCUT2D eigenvalue weighted by Gasteiger charge is 2.21. The van der Waals surface area contributed by atoms with Crippen LogP contribution in [0.25, 0.3) is 0 Å². The monoisotopic (exact) mass is 366 g/mol. The van der Waals surface area contributed by atoms with E-state index in [2.05, 4.69) is 15.1 Å². The van der Waals surface area contributed by atoms with Crippen LogP contribution in [-0.4, -0.2) is 13.4 Å². The van der Waals surface area contributed by atoms with Crippen molar-refractivity contribution in [3.05, 3.63) is 38.6 Å². The number of hydrogen-bond donors (Lipinski definition) is 3. The molecule has 0 aliphatic carbocycles. The molecule has 0 fully saturated rings. The van der Waals surface area contributed by atoms with E-state index in [4.69, 9.17) is 29.0 Å². The third-order valence-corrected chi connectivity index (χ3v) is 5.83. The number of aromatic nitrogens is 1. The fourth-order valence-electron chi connectivity index (χ4n) is 1.59. The van der Waals surface area contributed by atoms with Gasteiger partial charge in [-0.2, -0.15) is 0 Å². The van der Waals surface area contributed by atoms with Crippen molar-refractivity contribution in [2.45, 2.75) is 17.9 Å². The molecule has 2 rings (SSSR count). The lowest BCUT2D eigenvalue weighted by Crippen LogP contribution is -2.26. The summed E-state index contributed by atoms with van der Waals surface area (Å²) in [5.74, 6) is 5.40. The number of pyridine rings is 1. The fraction of sp³-hybridized carbons (Fsp3) is 0.182. The molecule has 6 nitrogen and oxygen atoms in total. The zero-order valence-electron chi connectivity index (χ0n) is 10.8. The molecule has 0 aliphatic rings. The molecule has 0 aliphatic heterocycles. The van der Waals surface area contributed by atoms with Crippen molar-refractivity contribution in [2.75, 3.05) is 5.43 Å². The van der Waals surface area contributed by atoms with Crippen LogP contribution in [0, 0.1) is 0 Å². The van der Waals surface area contributed by atoms with E-state index in [-0.39, 0.29) is 15.7 Å². The van der Waals surface area contributed by atoms with Crippen LogP contribution in [-0.2, 0) is 10.0 Å². The molecule has 2 aromatic heterocycles. The lowest BCUT2D eigenvalue weighted by atomic mass is 10.3. The van der Waals surface area contributed by atoms with Gasteiger partial charge in [-0.05, 0) is 25.1 Å². The number of thiophene rings is 1. The smallest absolute Gasteiger partial charge is 0.242 e. The standard InChI is InChI=1S/C11H12Cl2N4O2S2/c1-6(9-2-3-10(13)20-9)17-21(18,19)7-4-8(12)11(16-14)15-5-7/h2-6,17H,14H2,1H3,(H,15,16). The van der Waals surface area contributed by atoms with Gasteiger partial charge < -0.3 is 5.43 Å². The molecule has 21 heavy (non-hydrogen) atoms. The summed E-state index contributed by atoms with van der Waals surface area (Å²) in [6, 6.07) is 4.35. The summed E-state index contributed by atoms with van der Waals surface area (Å²) >= 11 is 13.0. The number of sulfonamides is 1. The Hall–Kier alpha value is -0.900. The summed E-state index contributed by atoms with van der Waals surface area (Å²) in [6.45, 7) is 1.73. The third kappa shape index (κ3) is 3.85. The first-order valence-corrected chi connectivity index (χ1v) is 8.79. The van der Waals surface area contributed by atoms with E-state index in [1.54, 1.807) is 19.1 Å². The Morgan fingerprint density at radius 2 is 2.10 bits per heavy atom. The molecule has 1 unspecified atom stereocenters. The van der Waals surface area contributed by atoms with Crippen LogP contribution in [0.2, 0.25) is 9.36 Å². The Balaban J connectivity index is 2.24. The van der Waals surface area contributed by atoms with Crippen molar-refractivity contribution in [2.24, 2.45) is 5.84 Å². The SMILES string of the molecule is CC(NS(=O)(=O)c1cnc(NN)c(Cl)c1)c1ccc(Cl)s1. The summed E-state index contributed by atoms with van der Waals surface area (Å²) in [5, 5.41) is 0.118. The quantitative estimate of drug-likeness (QED) is 0.558. The van der Waals surface area contributed by atoms with Crippen molar-refractivity contribution >= 4 is 50.4 Å². The van der Waals surface area contributed by atoms with Crippen LogP contribution in [0.3, 0.4) is 0 Å². The topological polar surface area (TPSA) is 97.1 Å². The van der Waals surface area contributed by atoms with Gasteiger partial charge in [-0.1, -0.05) is 23.2 Å². The minimum Gasteiger partial charge on any atom is -0.307 e. The van der Waals surface area contributed by atoms with Crippen molar-refractivity contribution in [3.63, 3.8) is 0 Å². The predicted octanol–water partition coefficient (Wildman–Crippen LogP) is 2.78. The third-order valence-electron chi connectivity index (χ3n) is 2.62. The minimum atomic E-state index is -3.75. The van der Waals surface area contributed by atoms with E-state index in [1.165, 1.54) is 23.6 Å². The van der Waals surface area contributed by atoms with Crippen LogP contribution < -0.4 is 16.0 Å². The largest absolute Gasteiger partial charge is 0.307 e. The highest BCUT2D eigenvalue weighted by molar-refractivity contribution is 7.89. The molecule has 0 spiro atoms. The van der Waals surface area contributed by atoms with Crippen LogP contribution in [0.15, 0.2) is 29.3 Å². The molecular formula is C11H12Cl2N4O2S2. The Kier molecular flexibility index (Phi) is 5.07. The van der Waals surface area contributed by atoms with Gasteiger partial charge in [0.25, 0.3) is 0 Å². The second-order valence-electron chi connectivity index (χ2n) is 4.13. The highest BCUT2D eigenvalue weighted by Crippen LogP contribution is 2.28. The Morgan fingerprint density at radius 3 is 2.62 bits per heavy atom. The molecule has 10 heteroatoms. The average molecular weight is 367 g/mol. The maximum absolute atomic E-state index is 12.3. The van der Waals surface area contributed by atoms with E-state index in [0.717, 1.165) is 4.88 Å². The molecule has 114 valence electrons. The number of hydrogen-bond acceptors (Lipinski definition) is 6. The van der Waals surface area contributed by atoms with Gasteiger partial charge in [-0.15, -0.1) is 11.3 Å². The molecule has 2 heterocycles. The first-order chi connectivity index (χ1) is 9.83. The Morgan fingerprint density at radius 1 is 1.38 bits per heavy atom. The summed E-state index contributed by atoms with van der Waals surface area (Å²) < 4.78 is 27.7. The number of nitrogen functional groups attached to an aromatic ring is 1. The Bertz CT molecular complexity index is 748. The second kappa shape index (κ2) is 6.47. The lowest BCUT2D eigenvalue weighted by Gasteiger charge is -2.13. The lowest BCUT2D eigenvalue weighted by molar-refractivity contribution is 0.568. The van der Waals surface area contributed by atoms with Gasteiger partial charge in [-0.25, -0.2) is 24.0 Å². The number of anilines is 1. The van der Waals surface area contributed by atoms with Gasteiger partial charge in [-0.3, -0.25) is 0 Å². The molecule has 0 amide bonds. The van der Waals surface area contributed by atoms with Gasteiger partial charge in [0.05, 0.1) is 15.4 Å². The summed E-state index contributed by atoms with van der Waals surface area (Å²) in [5.41, 5.74) is 2.27. The predicted molar refractivity (Wildman–Crippen MR) is 85.1 cm³/mol. The first kappa shape index (κ1) is 16.5. The van der Waals surface area contributed by atoms with Crippen LogP contribution in [0.4, 0.5) is 5.82 Å². The molecule has 2 aromatic rings. The Labute approximate surface area is 136 Å². The molecule has 0 saturated carbocycles. The molecule has 0 bridgehead atoms. The second-order valence-corrected chi connectivity index (χ2v) is 8.00. The summed E-state index contributed by atoms with van der Waals surface area (Å²) in [4.78, 5) is 4.61. The molecule has 1 atom stereocenters. The fourth-order valence-corrected chi connectivity index (χ4v) is 4.21. The maximum Gasteiger partial charge on any atom is 0.242 e. The number of halogens is 2. The molecule has 0 saturated heterocycles. The van der Waals surface area contributed by atoms with Crippen molar-refractivity contribution < 1.29 is 8.42 Å². The zero-order chi connectivity index (χ0) is 15.6. The van der Waals surface area contributed by atoms with E-state index < -0.39 is 16.1 Å². The normalized spacial score (nSPS) is 13.1. The van der Waals surface area contributed by atoms with E-state index >= 15 is 0 Å². The van der Waals surface area contributed by atoms with E-state index in [9.17, 15) is 8.42 Å². The van der Waals surface area contributed by atoms with Gasteiger partial charge in [0.1, 0.15) is 4.90 Å². The molecular weight excluding hydrogens is 355 g/mol. The van der Waals surface area contributed by atoms with E-state index in [0.29, 0.717) is 4.34 Å². The number of hydrazine groups is 1. The van der Waals surface area contributed by atoms with Gasteiger partial charge >= 0.3 is 0 Å². The summed E-state index contributed by atoms with van der Waals surface area (Å²) in [6.07, 6.45) is 1.18. The highest BCUT2D eigenvalue weighted by atomic mass is 35.5. The summed E-state index contributed by atoms with van der Waals surface area (Å²) in [7, 11) is -3.75. The molecule has 4 N–H and O–H groups in total. The number of nitrogens with two attached hydrogens (primary N) is 1. The van der Waals surface area contributed by atoms with Crippen molar-refractivity contribution in [1.82, 2.24) is 9.71 Å².